The van der Waals surface area contributed by atoms with Crippen LogP contribution in [-0.4, -0.2) is 31.5 Å². The fourth-order valence-electron chi connectivity index (χ4n) is 2.06. The van der Waals surface area contributed by atoms with Crippen molar-refractivity contribution < 1.29 is 0 Å². The van der Waals surface area contributed by atoms with Crippen LogP contribution in [0.2, 0.25) is 0 Å². The minimum atomic E-state index is 0.159. The molecule has 98 valence electrons. The average Bonchev–Trinajstić information content (AvgIpc) is 3.01. The molecule has 6 heteroatoms. The molecule has 0 amide bonds. The molecule has 2 N–H and O–H groups in total. The highest BCUT2D eigenvalue weighted by Crippen LogP contribution is 2.14. The van der Waals surface area contributed by atoms with Crippen molar-refractivity contribution in [2.24, 2.45) is 0 Å². The van der Waals surface area contributed by atoms with Gasteiger partial charge in [0.2, 0.25) is 0 Å². The van der Waals surface area contributed by atoms with Gasteiger partial charge in [-0.3, -0.25) is 0 Å². The zero-order valence-electron chi connectivity index (χ0n) is 10.9. The zero-order chi connectivity index (χ0) is 12.8. The molecule has 0 aromatic carbocycles. The summed E-state index contributed by atoms with van der Waals surface area (Å²) in [5, 5.41) is 14.1. The third-order valence-corrected chi connectivity index (χ3v) is 2.89. The second-order valence-corrected chi connectivity index (χ2v) is 4.25. The Labute approximate surface area is 107 Å². The summed E-state index contributed by atoms with van der Waals surface area (Å²) < 4.78 is 2.20. The molecule has 1 unspecified atom stereocenters. The van der Waals surface area contributed by atoms with Gasteiger partial charge in [-0.15, -0.1) is 0 Å². The fraction of sp³-hybridized carbons (Fsp3) is 0.583. The van der Waals surface area contributed by atoms with E-state index >= 15 is 0 Å². The Bertz CT molecular complexity index is 447. The van der Waals surface area contributed by atoms with Crippen LogP contribution in [0.15, 0.2) is 18.6 Å². The Morgan fingerprint density at radius 3 is 3.00 bits per heavy atom. The fourth-order valence-corrected chi connectivity index (χ4v) is 2.06. The quantitative estimate of drug-likeness (QED) is 0.775. The van der Waals surface area contributed by atoms with Crippen LogP contribution in [0.3, 0.4) is 0 Å². The zero-order valence-corrected chi connectivity index (χ0v) is 10.9. The largest absolute Gasteiger partial charge is 0.335 e. The van der Waals surface area contributed by atoms with Gasteiger partial charge in [0.25, 0.3) is 0 Å². The summed E-state index contributed by atoms with van der Waals surface area (Å²) >= 11 is 0. The van der Waals surface area contributed by atoms with Crippen LogP contribution in [0.4, 0.5) is 0 Å². The van der Waals surface area contributed by atoms with E-state index in [1.54, 1.807) is 6.20 Å². The van der Waals surface area contributed by atoms with Crippen LogP contribution in [0.25, 0.3) is 0 Å². The number of rotatable bonds is 7. The molecule has 1 atom stereocenters. The molecule has 2 aromatic heterocycles. The molecule has 0 spiro atoms. The van der Waals surface area contributed by atoms with Gasteiger partial charge in [0.15, 0.2) is 0 Å². The number of hydrogen-bond donors (Lipinski definition) is 2. The second-order valence-electron chi connectivity index (χ2n) is 4.25. The summed E-state index contributed by atoms with van der Waals surface area (Å²) in [5.41, 5.74) is 0.933. The van der Waals surface area contributed by atoms with Gasteiger partial charge in [-0.2, -0.15) is 15.4 Å². The monoisotopic (exact) mass is 248 g/mol. The first kappa shape index (κ1) is 12.8. The summed E-state index contributed by atoms with van der Waals surface area (Å²) in [6, 6.07) is 0.159. The maximum absolute atomic E-state index is 4.43. The number of H-pyrrole nitrogens is 1. The van der Waals surface area contributed by atoms with Crippen LogP contribution in [0, 0.1) is 0 Å². The number of aryl methyl sites for hydroxylation is 1. The van der Waals surface area contributed by atoms with Gasteiger partial charge in [-0.25, -0.2) is 4.98 Å². The summed E-state index contributed by atoms with van der Waals surface area (Å²) in [6.07, 6.45) is 7.59. The number of imidazole rings is 1. The highest BCUT2D eigenvalue weighted by molar-refractivity contribution is 5.05. The van der Waals surface area contributed by atoms with Crippen molar-refractivity contribution in [3.8, 4) is 0 Å². The lowest BCUT2D eigenvalue weighted by Crippen LogP contribution is -2.24. The van der Waals surface area contributed by atoms with Crippen molar-refractivity contribution in [1.29, 1.82) is 0 Å². The summed E-state index contributed by atoms with van der Waals surface area (Å²) in [5.74, 6) is 1.09. The van der Waals surface area contributed by atoms with E-state index in [0.717, 1.165) is 37.4 Å². The number of nitrogens with one attached hydrogen (secondary N) is 2. The van der Waals surface area contributed by atoms with E-state index < -0.39 is 0 Å². The molecule has 6 nitrogen and oxygen atoms in total. The van der Waals surface area contributed by atoms with Crippen molar-refractivity contribution >= 4 is 0 Å². The molecule has 18 heavy (non-hydrogen) atoms. The van der Waals surface area contributed by atoms with Gasteiger partial charge in [0, 0.05) is 25.4 Å². The van der Waals surface area contributed by atoms with Crippen LogP contribution in [-0.2, 0) is 13.0 Å². The minimum absolute atomic E-state index is 0.159. The molecule has 2 heterocycles. The molecule has 0 saturated carbocycles. The van der Waals surface area contributed by atoms with Gasteiger partial charge < -0.3 is 9.88 Å². The predicted molar refractivity (Wildman–Crippen MR) is 69.0 cm³/mol. The topological polar surface area (TPSA) is 71.4 Å². The van der Waals surface area contributed by atoms with Gasteiger partial charge in [0.05, 0.1) is 17.9 Å². The Kier molecular flexibility index (Phi) is 4.46. The Balaban J connectivity index is 2.11. The average molecular weight is 248 g/mol. The first-order valence-electron chi connectivity index (χ1n) is 6.44. The normalized spacial score (nSPS) is 12.8. The van der Waals surface area contributed by atoms with Crippen molar-refractivity contribution in [3.63, 3.8) is 0 Å². The molecular weight excluding hydrogens is 228 g/mol. The molecule has 0 aliphatic carbocycles. The van der Waals surface area contributed by atoms with E-state index in [1.165, 1.54) is 0 Å². The number of aromatic amines is 1. The lowest BCUT2D eigenvalue weighted by molar-refractivity contribution is 0.505. The van der Waals surface area contributed by atoms with Gasteiger partial charge in [-0.05, 0) is 13.0 Å². The predicted octanol–water partition coefficient (Wildman–Crippen LogP) is 1.30. The molecule has 0 aliphatic heterocycles. The Morgan fingerprint density at radius 1 is 1.44 bits per heavy atom. The standard InChI is InChI=1S/C12H20N6/c1-3-6-18-7-5-14-12(18)8-10(13-4-2)11-9-15-17-16-11/h5,7,9-10,13H,3-4,6,8H2,1-2H3,(H,15,16,17). The van der Waals surface area contributed by atoms with Crippen molar-refractivity contribution in [3.05, 3.63) is 30.1 Å². The van der Waals surface area contributed by atoms with Crippen LogP contribution in [0.1, 0.15) is 37.8 Å². The van der Waals surface area contributed by atoms with Crippen LogP contribution in [0.5, 0.6) is 0 Å². The summed E-state index contributed by atoms with van der Waals surface area (Å²) in [4.78, 5) is 4.43. The van der Waals surface area contributed by atoms with Crippen molar-refractivity contribution in [2.45, 2.75) is 39.3 Å². The van der Waals surface area contributed by atoms with E-state index in [-0.39, 0.29) is 6.04 Å². The number of hydrogen-bond acceptors (Lipinski definition) is 4. The van der Waals surface area contributed by atoms with Crippen molar-refractivity contribution in [1.82, 2.24) is 30.3 Å². The van der Waals surface area contributed by atoms with Gasteiger partial charge >= 0.3 is 0 Å². The maximum Gasteiger partial charge on any atom is 0.110 e. The molecule has 0 saturated heterocycles. The number of likely N-dealkylation sites (N-methyl/N-ethyl adjacent to an activating group) is 1. The molecule has 0 radical (unpaired) electrons. The van der Waals surface area contributed by atoms with E-state index in [9.17, 15) is 0 Å². The first-order chi connectivity index (χ1) is 8.85. The van der Waals surface area contributed by atoms with E-state index in [2.05, 4.69) is 44.1 Å². The highest BCUT2D eigenvalue weighted by atomic mass is 15.3. The van der Waals surface area contributed by atoms with Crippen LogP contribution >= 0.6 is 0 Å². The molecule has 0 aliphatic rings. The summed E-state index contributed by atoms with van der Waals surface area (Å²) in [6.45, 7) is 6.16. The molecular formula is C12H20N6. The Morgan fingerprint density at radius 2 is 2.33 bits per heavy atom. The number of nitrogens with zero attached hydrogens (tertiary/aromatic N) is 4. The Hall–Kier alpha value is -1.69. The smallest absolute Gasteiger partial charge is 0.110 e. The molecule has 0 bridgehead atoms. The number of aromatic nitrogens is 5. The van der Waals surface area contributed by atoms with E-state index in [0.29, 0.717) is 0 Å². The molecule has 2 rings (SSSR count). The second kappa shape index (κ2) is 6.30. The third-order valence-electron chi connectivity index (χ3n) is 2.89. The lowest BCUT2D eigenvalue weighted by atomic mass is 10.1. The van der Waals surface area contributed by atoms with E-state index in [4.69, 9.17) is 0 Å². The van der Waals surface area contributed by atoms with E-state index in [1.807, 2.05) is 12.4 Å². The SMILES string of the molecule is CCCn1ccnc1CC(NCC)c1cn[nH]n1. The maximum atomic E-state index is 4.43. The van der Waals surface area contributed by atoms with Crippen molar-refractivity contribution in [2.75, 3.05) is 6.54 Å². The van der Waals surface area contributed by atoms with Gasteiger partial charge in [-0.1, -0.05) is 13.8 Å². The third kappa shape index (κ3) is 2.95. The van der Waals surface area contributed by atoms with Crippen LogP contribution < -0.4 is 5.32 Å². The summed E-state index contributed by atoms with van der Waals surface area (Å²) in [7, 11) is 0. The molecule has 2 aromatic rings. The lowest BCUT2D eigenvalue weighted by Gasteiger charge is -2.15. The minimum Gasteiger partial charge on any atom is -0.335 e. The molecule has 0 fully saturated rings. The van der Waals surface area contributed by atoms with Gasteiger partial charge in [0.1, 0.15) is 5.82 Å². The first-order valence-corrected chi connectivity index (χ1v) is 6.44. The highest BCUT2D eigenvalue weighted by Gasteiger charge is 2.16.